The van der Waals surface area contributed by atoms with Crippen molar-refractivity contribution < 1.29 is 8.42 Å². The van der Waals surface area contributed by atoms with Gasteiger partial charge in [-0.15, -0.1) is 0 Å². The molecule has 0 radical (unpaired) electrons. The van der Waals surface area contributed by atoms with Crippen molar-refractivity contribution in [2.45, 2.75) is 31.2 Å². The van der Waals surface area contributed by atoms with E-state index in [0.29, 0.717) is 9.50 Å². The minimum Gasteiger partial charge on any atom is -0.207 e. The lowest BCUT2D eigenvalue weighted by atomic mass is 10.3. The van der Waals surface area contributed by atoms with E-state index in [1.807, 2.05) is 6.07 Å². The van der Waals surface area contributed by atoms with Crippen LogP contribution >= 0.6 is 27.5 Å². The number of nitriles is 1. The molecular formula is C12H14BrClN2O2S. The lowest BCUT2D eigenvalue weighted by Gasteiger charge is -2.25. The summed E-state index contributed by atoms with van der Waals surface area (Å²) in [6.07, 6.45) is 0.159. The molecule has 1 aromatic rings. The summed E-state index contributed by atoms with van der Waals surface area (Å²) in [5, 5.41) is 9.07. The van der Waals surface area contributed by atoms with Crippen LogP contribution < -0.4 is 0 Å². The normalized spacial score (nSPS) is 11.8. The summed E-state index contributed by atoms with van der Waals surface area (Å²) in [4.78, 5) is 0.162. The van der Waals surface area contributed by atoms with E-state index >= 15 is 0 Å². The molecule has 0 N–H and O–H groups in total. The second-order valence-electron chi connectivity index (χ2n) is 4.19. The zero-order chi connectivity index (χ0) is 14.6. The number of halogens is 2. The van der Waals surface area contributed by atoms with E-state index in [1.165, 1.54) is 22.5 Å². The van der Waals surface area contributed by atoms with Crippen LogP contribution in [0.15, 0.2) is 27.6 Å². The lowest BCUT2D eigenvalue weighted by Crippen LogP contribution is -2.37. The molecule has 0 aliphatic carbocycles. The minimum atomic E-state index is -3.62. The summed E-state index contributed by atoms with van der Waals surface area (Å²) in [6, 6.07) is 6.21. The second kappa shape index (κ2) is 6.71. The molecule has 0 unspecified atom stereocenters. The average Bonchev–Trinajstić information content (AvgIpc) is 2.32. The fourth-order valence-corrected chi connectivity index (χ4v) is 3.90. The topological polar surface area (TPSA) is 61.2 Å². The van der Waals surface area contributed by atoms with Crippen LogP contribution in [0.3, 0.4) is 0 Å². The summed E-state index contributed by atoms with van der Waals surface area (Å²) in [6.45, 7) is 3.73. The van der Waals surface area contributed by atoms with E-state index in [2.05, 4.69) is 15.9 Å². The first kappa shape index (κ1) is 16.4. The summed E-state index contributed by atoms with van der Waals surface area (Å²) in [5.74, 6) is 0. The largest absolute Gasteiger partial charge is 0.243 e. The molecule has 0 aliphatic rings. The third-order valence-electron chi connectivity index (χ3n) is 2.52. The van der Waals surface area contributed by atoms with Crippen LogP contribution in [-0.4, -0.2) is 25.3 Å². The first-order valence-electron chi connectivity index (χ1n) is 5.64. The molecule has 7 heteroatoms. The highest BCUT2D eigenvalue weighted by molar-refractivity contribution is 9.10. The molecule has 0 spiro atoms. The van der Waals surface area contributed by atoms with E-state index in [-0.39, 0.29) is 23.9 Å². The van der Waals surface area contributed by atoms with Crippen LogP contribution in [0.25, 0.3) is 0 Å². The number of hydrogen-bond acceptors (Lipinski definition) is 3. The van der Waals surface area contributed by atoms with E-state index in [4.69, 9.17) is 16.9 Å². The third-order valence-corrected chi connectivity index (χ3v) is 5.80. The molecule has 0 amide bonds. The van der Waals surface area contributed by atoms with Gasteiger partial charge >= 0.3 is 0 Å². The third kappa shape index (κ3) is 3.93. The van der Waals surface area contributed by atoms with Crippen molar-refractivity contribution in [2.24, 2.45) is 0 Å². The van der Waals surface area contributed by atoms with Gasteiger partial charge in [-0.25, -0.2) is 8.42 Å². The molecule has 0 saturated carbocycles. The molecule has 0 saturated heterocycles. The standard InChI is InChI=1S/C12H14BrClN2O2S/c1-9(2)16(7-3-6-15)19(17,18)10-4-5-12(14)11(13)8-10/h4-5,8-9H,3,7H2,1-2H3. The fraction of sp³-hybridized carbons (Fsp3) is 0.417. The number of sulfonamides is 1. The molecule has 0 heterocycles. The van der Waals surface area contributed by atoms with Gasteiger partial charge in [0.1, 0.15) is 0 Å². The predicted molar refractivity (Wildman–Crippen MR) is 78.4 cm³/mol. The van der Waals surface area contributed by atoms with Gasteiger partial charge in [0.25, 0.3) is 0 Å². The van der Waals surface area contributed by atoms with Crippen molar-refractivity contribution in [2.75, 3.05) is 6.54 Å². The van der Waals surface area contributed by atoms with Crippen LogP contribution in [-0.2, 0) is 10.0 Å². The molecule has 0 aliphatic heterocycles. The van der Waals surface area contributed by atoms with E-state index in [0.717, 1.165) is 0 Å². The Labute approximate surface area is 127 Å². The van der Waals surface area contributed by atoms with Crippen molar-refractivity contribution >= 4 is 37.6 Å². The Morgan fingerprint density at radius 1 is 1.47 bits per heavy atom. The number of hydrogen-bond donors (Lipinski definition) is 0. The van der Waals surface area contributed by atoms with Crippen LogP contribution in [0.4, 0.5) is 0 Å². The van der Waals surface area contributed by atoms with Crippen LogP contribution in [0, 0.1) is 11.3 Å². The molecule has 4 nitrogen and oxygen atoms in total. The van der Waals surface area contributed by atoms with Crippen molar-refractivity contribution in [3.8, 4) is 6.07 Å². The van der Waals surface area contributed by atoms with Gasteiger partial charge in [0.2, 0.25) is 10.0 Å². The Morgan fingerprint density at radius 2 is 2.11 bits per heavy atom. The van der Waals surface area contributed by atoms with Gasteiger partial charge in [0.15, 0.2) is 0 Å². The monoisotopic (exact) mass is 364 g/mol. The SMILES string of the molecule is CC(C)N(CCC#N)S(=O)(=O)c1ccc(Cl)c(Br)c1. The summed E-state index contributed by atoms with van der Waals surface area (Å²) in [7, 11) is -3.62. The predicted octanol–water partition coefficient (Wildman–Crippen LogP) is 3.42. The molecule has 0 atom stereocenters. The Hall–Kier alpha value is -0.610. The molecule has 104 valence electrons. The van der Waals surface area contributed by atoms with Crippen LogP contribution in [0.5, 0.6) is 0 Å². The van der Waals surface area contributed by atoms with Crippen molar-refractivity contribution in [1.82, 2.24) is 4.31 Å². The van der Waals surface area contributed by atoms with Gasteiger partial charge in [-0.1, -0.05) is 11.6 Å². The molecule has 1 aromatic carbocycles. The van der Waals surface area contributed by atoms with Crippen LogP contribution in [0.2, 0.25) is 5.02 Å². The molecular weight excluding hydrogens is 352 g/mol. The van der Waals surface area contributed by atoms with Crippen molar-refractivity contribution in [3.05, 3.63) is 27.7 Å². The molecule has 0 fully saturated rings. The zero-order valence-corrected chi connectivity index (χ0v) is 13.8. The van der Waals surface area contributed by atoms with Gasteiger partial charge in [-0.05, 0) is 48.0 Å². The van der Waals surface area contributed by atoms with Crippen molar-refractivity contribution in [1.29, 1.82) is 5.26 Å². The van der Waals surface area contributed by atoms with E-state index in [9.17, 15) is 8.42 Å². The summed E-state index contributed by atoms with van der Waals surface area (Å²) in [5.41, 5.74) is 0. The summed E-state index contributed by atoms with van der Waals surface area (Å²) < 4.78 is 26.8. The first-order valence-corrected chi connectivity index (χ1v) is 8.25. The van der Waals surface area contributed by atoms with Gasteiger partial charge in [-0.3, -0.25) is 0 Å². The second-order valence-corrected chi connectivity index (χ2v) is 7.35. The van der Waals surface area contributed by atoms with Gasteiger partial charge in [0.05, 0.1) is 16.0 Å². The molecule has 1 rings (SSSR count). The molecule has 0 bridgehead atoms. The Bertz CT molecular complexity index is 596. The van der Waals surface area contributed by atoms with Crippen LogP contribution in [0.1, 0.15) is 20.3 Å². The van der Waals surface area contributed by atoms with Gasteiger partial charge in [-0.2, -0.15) is 9.57 Å². The van der Waals surface area contributed by atoms with E-state index < -0.39 is 10.0 Å². The number of benzene rings is 1. The maximum absolute atomic E-state index is 12.5. The Kier molecular flexibility index (Phi) is 5.81. The highest BCUT2D eigenvalue weighted by Crippen LogP contribution is 2.27. The quantitative estimate of drug-likeness (QED) is 0.803. The highest BCUT2D eigenvalue weighted by atomic mass is 79.9. The molecule has 0 aromatic heterocycles. The Balaban J connectivity index is 3.19. The average molecular weight is 366 g/mol. The fourth-order valence-electron chi connectivity index (χ4n) is 1.59. The minimum absolute atomic E-state index is 0.159. The van der Waals surface area contributed by atoms with Gasteiger partial charge < -0.3 is 0 Å². The molecule has 19 heavy (non-hydrogen) atoms. The smallest absolute Gasteiger partial charge is 0.207 e. The highest BCUT2D eigenvalue weighted by Gasteiger charge is 2.26. The van der Waals surface area contributed by atoms with E-state index in [1.54, 1.807) is 13.8 Å². The zero-order valence-electron chi connectivity index (χ0n) is 10.6. The first-order chi connectivity index (χ1) is 8.80. The Morgan fingerprint density at radius 3 is 2.58 bits per heavy atom. The lowest BCUT2D eigenvalue weighted by molar-refractivity contribution is 0.360. The number of rotatable bonds is 5. The van der Waals surface area contributed by atoms with Gasteiger partial charge in [0, 0.05) is 23.5 Å². The maximum Gasteiger partial charge on any atom is 0.243 e. The summed E-state index contributed by atoms with van der Waals surface area (Å²) >= 11 is 9.07. The maximum atomic E-state index is 12.5. The number of nitrogens with zero attached hydrogens (tertiary/aromatic N) is 2. The van der Waals surface area contributed by atoms with Crippen molar-refractivity contribution in [3.63, 3.8) is 0 Å².